The highest BCUT2D eigenvalue weighted by Crippen LogP contribution is 1.96. The van der Waals surface area contributed by atoms with Crippen molar-refractivity contribution in [3.05, 3.63) is 0 Å². The molecule has 0 aliphatic rings. The standard InChI is InChI=1S/C5H11F.CH3F.5CH4/c1-5(2)3-4-6;1-2;;;;;/h5H,3-4H2,1-2H3;1H3;5*1H4. The van der Waals surface area contributed by atoms with Gasteiger partial charge >= 0.3 is 0 Å². The molecule has 13 heavy (non-hydrogen) atoms. The van der Waals surface area contributed by atoms with Gasteiger partial charge in [-0.3, -0.25) is 8.78 Å². The predicted molar refractivity (Wildman–Crippen MR) is 66.1 cm³/mol. The normalized spacial score (nSPS) is 5.08. The van der Waals surface area contributed by atoms with Crippen molar-refractivity contribution in [2.24, 2.45) is 5.92 Å². The number of rotatable bonds is 2. The van der Waals surface area contributed by atoms with Gasteiger partial charge in [0.1, 0.15) is 0 Å². The van der Waals surface area contributed by atoms with E-state index < -0.39 is 0 Å². The van der Waals surface area contributed by atoms with Gasteiger partial charge in [0.2, 0.25) is 0 Å². The van der Waals surface area contributed by atoms with Crippen molar-refractivity contribution in [1.29, 1.82) is 0 Å². The molecule has 0 N–H and O–H groups in total. The van der Waals surface area contributed by atoms with Crippen molar-refractivity contribution in [3.63, 3.8) is 0 Å². The Morgan fingerprint density at radius 2 is 1.08 bits per heavy atom. The summed E-state index contributed by atoms with van der Waals surface area (Å²) in [6, 6.07) is 0. The second-order valence-corrected chi connectivity index (χ2v) is 1.87. The molecule has 0 aromatic rings. The summed E-state index contributed by atoms with van der Waals surface area (Å²) in [5, 5.41) is 0. The molecular formula is C11H34F2. The second-order valence-electron chi connectivity index (χ2n) is 1.87. The van der Waals surface area contributed by atoms with E-state index in [1.807, 2.05) is 13.8 Å². The molecular weight excluding hydrogens is 170 g/mol. The molecule has 0 aliphatic heterocycles. The van der Waals surface area contributed by atoms with E-state index >= 15 is 0 Å². The van der Waals surface area contributed by atoms with Crippen LogP contribution in [0.1, 0.15) is 57.4 Å². The Morgan fingerprint density at radius 3 is 1.08 bits per heavy atom. The number of halogens is 2. The SMILES string of the molecule is C.C.C.C.C.CC(C)CCF.CF. The van der Waals surface area contributed by atoms with Gasteiger partial charge in [-0.25, -0.2) is 0 Å². The first-order valence-electron chi connectivity index (χ1n) is 2.71. The van der Waals surface area contributed by atoms with Crippen molar-refractivity contribution in [2.75, 3.05) is 13.9 Å². The van der Waals surface area contributed by atoms with E-state index in [9.17, 15) is 8.78 Å². The summed E-state index contributed by atoms with van der Waals surface area (Å²) in [4.78, 5) is 0. The van der Waals surface area contributed by atoms with Crippen LogP contribution < -0.4 is 0 Å². The zero-order valence-electron chi connectivity index (χ0n) is 5.75. The van der Waals surface area contributed by atoms with E-state index in [0.717, 1.165) is 0 Å². The fraction of sp³-hybridized carbons (Fsp3) is 1.00. The third-order valence-electron chi connectivity index (χ3n) is 0.686. The van der Waals surface area contributed by atoms with E-state index in [1.54, 1.807) is 0 Å². The van der Waals surface area contributed by atoms with Crippen LogP contribution in [0.2, 0.25) is 0 Å². The summed E-state index contributed by atoms with van der Waals surface area (Å²) < 4.78 is 20.7. The molecule has 0 nitrogen and oxygen atoms in total. The Labute approximate surface area is 86.8 Å². The van der Waals surface area contributed by atoms with E-state index in [2.05, 4.69) is 0 Å². The average Bonchev–Trinajstić information content (AvgIpc) is 1.72. The monoisotopic (exact) mass is 204 g/mol. The lowest BCUT2D eigenvalue weighted by Crippen LogP contribution is -1.85. The van der Waals surface area contributed by atoms with Crippen LogP contribution in [0.5, 0.6) is 0 Å². The molecule has 0 atom stereocenters. The molecule has 0 aromatic carbocycles. The highest BCUT2D eigenvalue weighted by Gasteiger charge is 1.87. The summed E-state index contributed by atoms with van der Waals surface area (Å²) in [5.74, 6) is 0.523. The fourth-order valence-electron chi connectivity index (χ4n) is 0.218. The number of alkyl halides is 2. The maximum atomic E-state index is 11.2. The smallest absolute Gasteiger partial charge is 0.0896 e. The van der Waals surface area contributed by atoms with Gasteiger partial charge in [0, 0.05) is 0 Å². The highest BCUT2D eigenvalue weighted by atomic mass is 19.1. The lowest BCUT2D eigenvalue weighted by atomic mass is 10.2. The highest BCUT2D eigenvalue weighted by molar-refractivity contribution is 4.39. The maximum Gasteiger partial charge on any atom is 0.0896 e. The van der Waals surface area contributed by atoms with Gasteiger partial charge in [0.25, 0.3) is 0 Å². The molecule has 0 rings (SSSR count). The van der Waals surface area contributed by atoms with E-state index in [-0.39, 0.29) is 43.8 Å². The summed E-state index contributed by atoms with van der Waals surface area (Å²) in [6.45, 7) is 3.86. The van der Waals surface area contributed by atoms with E-state index in [1.165, 1.54) is 0 Å². The summed E-state index contributed by atoms with van der Waals surface area (Å²) >= 11 is 0. The summed E-state index contributed by atoms with van der Waals surface area (Å²) in [7, 11) is 0.500. The van der Waals surface area contributed by atoms with Gasteiger partial charge in [-0.15, -0.1) is 0 Å². The van der Waals surface area contributed by atoms with Gasteiger partial charge in [0.05, 0.1) is 13.9 Å². The minimum Gasteiger partial charge on any atom is -0.255 e. The molecule has 0 aliphatic carbocycles. The molecule has 0 spiro atoms. The van der Waals surface area contributed by atoms with Crippen molar-refractivity contribution >= 4 is 0 Å². The number of hydrogen-bond donors (Lipinski definition) is 0. The van der Waals surface area contributed by atoms with Crippen LogP contribution >= 0.6 is 0 Å². The van der Waals surface area contributed by atoms with Crippen LogP contribution in [0.25, 0.3) is 0 Å². The minimum atomic E-state index is -0.169. The van der Waals surface area contributed by atoms with Gasteiger partial charge in [-0.1, -0.05) is 51.0 Å². The molecule has 0 amide bonds. The van der Waals surface area contributed by atoms with Gasteiger partial charge < -0.3 is 0 Å². The van der Waals surface area contributed by atoms with E-state index in [0.29, 0.717) is 19.5 Å². The minimum absolute atomic E-state index is 0. The van der Waals surface area contributed by atoms with Crippen LogP contribution in [0.3, 0.4) is 0 Å². The Kier molecular flexibility index (Phi) is 240. The first kappa shape index (κ1) is 52.7. The Hall–Kier alpha value is -0.140. The molecule has 0 heterocycles. The zero-order chi connectivity index (χ0) is 6.99. The van der Waals surface area contributed by atoms with Crippen molar-refractivity contribution in [3.8, 4) is 0 Å². The lowest BCUT2D eigenvalue weighted by Gasteiger charge is -1.93. The van der Waals surface area contributed by atoms with Gasteiger partial charge in [-0.2, -0.15) is 0 Å². The molecule has 0 unspecified atom stereocenters. The third-order valence-corrected chi connectivity index (χ3v) is 0.686. The molecule has 92 valence electrons. The zero-order valence-corrected chi connectivity index (χ0v) is 5.75. The average molecular weight is 204 g/mol. The largest absolute Gasteiger partial charge is 0.255 e. The van der Waals surface area contributed by atoms with Crippen LogP contribution in [0.4, 0.5) is 8.78 Å². The predicted octanol–water partition coefficient (Wildman–Crippen LogP) is 5.77. The van der Waals surface area contributed by atoms with Gasteiger partial charge in [0.15, 0.2) is 0 Å². The Bertz CT molecular complexity index is 29.3. The van der Waals surface area contributed by atoms with Crippen LogP contribution in [0, 0.1) is 5.92 Å². The summed E-state index contributed by atoms with van der Waals surface area (Å²) in [6.07, 6.45) is 0.708. The quantitative estimate of drug-likeness (QED) is 0.536. The molecule has 0 bridgehead atoms. The maximum absolute atomic E-state index is 11.2. The lowest BCUT2D eigenvalue weighted by molar-refractivity contribution is 0.420. The van der Waals surface area contributed by atoms with Crippen molar-refractivity contribution < 1.29 is 8.78 Å². The van der Waals surface area contributed by atoms with Gasteiger partial charge in [-0.05, 0) is 12.3 Å². The topological polar surface area (TPSA) is 0 Å². The van der Waals surface area contributed by atoms with Crippen LogP contribution in [0.15, 0.2) is 0 Å². The molecule has 0 saturated carbocycles. The third kappa shape index (κ3) is 141. The van der Waals surface area contributed by atoms with E-state index in [4.69, 9.17) is 0 Å². The number of hydrogen-bond acceptors (Lipinski definition) is 0. The van der Waals surface area contributed by atoms with Crippen molar-refractivity contribution in [2.45, 2.75) is 57.4 Å². The molecule has 0 radical (unpaired) electrons. The Balaban J connectivity index is -0.00000000966. The van der Waals surface area contributed by atoms with Crippen LogP contribution in [-0.4, -0.2) is 13.9 Å². The molecule has 0 aromatic heterocycles. The molecule has 0 fully saturated rings. The molecule has 0 saturated heterocycles. The summed E-state index contributed by atoms with van der Waals surface area (Å²) in [5.41, 5.74) is 0. The van der Waals surface area contributed by atoms with Crippen molar-refractivity contribution in [1.82, 2.24) is 0 Å². The molecule has 2 heteroatoms. The first-order chi connectivity index (χ1) is 3.77. The Morgan fingerprint density at radius 1 is 0.846 bits per heavy atom. The fourth-order valence-corrected chi connectivity index (χ4v) is 0.218. The second kappa shape index (κ2) is 59.2. The first-order valence-corrected chi connectivity index (χ1v) is 2.71. The van der Waals surface area contributed by atoms with Crippen LogP contribution in [-0.2, 0) is 0 Å².